The molecule has 1 saturated heterocycles. The van der Waals surface area contributed by atoms with E-state index in [1.54, 1.807) is 0 Å². The summed E-state index contributed by atoms with van der Waals surface area (Å²) in [7, 11) is 1.35. The Morgan fingerprint density at radius 1 is 1.21 bits per heavy atom. The van der Waals surface area contributed by atoms with E-state index in [0.717, 1.165) is 17.0 Å². The van der Waals surface area contributed by atoms with Gasteiger partial charge in [-0.2, -0.15) is 0 Å². The van der Waals surface area contributed by atoms with Crippen molar-refractivity contribution in [1.29, 1.82) is 0 Å². The molecule has 0 aromatic heterocycles. The fraction of sp³-hybridized carbons (Fsp3) is 0.0556. The molecule has 1 aliphatic rings. The lowest BCUT2D eigenvalue weighted by molar-refractivity contribution is -0.384. The molecule has 0 spiro atoms. The molecule has 0 aliphatic carbocycles. The molecule has 1 aliphatic heterocycles. The maximum atomic E-state index is 13.2. The Morgan fingerprint density at radius 2 is 1.89 bits per heavy atom. The molecule has 8 nitrogen and oxygen atoms in total. The molecule has 10 heteroatoms. The van der Waals surface area contributed by atoms with E-state index in [1.165, 1.54) is 43.5 Å². The molecule has 2 amide bonds. The number of hydrogen-bond acceptors (Lipinski definition) is 6. The summed E-state index contributed by atoms with van der Waals surface area (Å²) >= 11 is 5.06. The molecule has 2 aromatic rings. The summed E-state index contributed by atoms with van der Waals surface area (Å²) in [5.74, 6) is -1.78. The average Bonchev–Trinajstić information content (AvgIpc) is 2.66. The van der Waals surface area contributed by atoms with Gasteiger partial charge in [-0.1, -0.05) is 0 Å². The van der Waals surface area contributed by atoms with Crippen molar-refractivity contribution < 1.29 is 23.6 Å². The van der Waals surface area contributed by atoms with Gasteiger partial charge >= 0.3 is 0 Å². The first-order valence-electron chi connectivity index (χ1n) is 7.81. The zero-order valence-electron chi connectivity index (χ0n) is 14.3. The number of methoxy groups -OCH3 is 1. The van der Waals surface area contributed by atoms with Crippen LogP contribution in [0.5, 0.6) is 5.75 Å². The first-order chi connectivity index (χ1) is 13.3. The van der Waals surface area contributed by atoms with Gasteiger partial charge in [-0.3, -0.25) is 29.9 Å². The number of nitro groups is 1. The van der Waals surface area contributed by atoms with Gasteiger partial charge in [0.2, 0.25) is 0 Å². The number of benzene rings is 2. The van der Waals surface area contributed by atoms with Crippen molar-refractivity contribution in [3.05, 3.63) is 69.5 Å². The van der Waals surface area contributed by atoms with Gasteiger partial charge in [0.25, 0.3) is 17.5 Å². The van der Waals surface area contributed by atoms with Crippen LogP contribution in [0.4, 0.5) is 15.8 Å². The largest absolute Gasteiger partial charge is 0.496 e. The van der Waals surface area contributed by atoms with Crippen LogP contribution in [-0.2, 0) is 9.59 Å². The van der Waals surface area contributed by atoms with Gasteiger partial charge in [0, 0.05) is 17.7 Å². The number of nitro benzene ring substituents is 1. The minimum absolute atomic E-state index is 0.162. The lowest BCUT2D eigenvalue weighted by Gasteiger charge is -2.29. The molecule has 3 rings (SSSR count). The highest BCUT2D eigenvalue weighted by Crippen LogP contribution is 2.28. The van der Waals surface area contributed by atoms with Crippen molar-refractivity contribution in [3.63, 3.8) is 0 Å². The van der Waals surface area contributed by atoms with Crippen molar-refractivity contribution in [2.75, 3.05) is 12.0 Å². The number of carbonyl (C=O) groups is 2. The molecule has 0 saturated carbocycles. The Hall–Kier alpha value is -3.66. The summed E-state index contributed by atoms with van der Waals surface area (Å²) < 4.78 is 18.3. The fourth-order valence-corrected chi connectivity index (χ4v) is 2.87. The number of ether oxygens (including phenoxy) is 1. The maximum Gasteiger partial charge on any atom is 0.270 e. The highest BCUT2D eigenvalue weighted by Gasteiger charge is 2.34. The summed E-state index contributed by atoms with van der Waals surface area (Å²) in [6.45, 7) is 0. The van der Waals surface area contributed by atoms with E-state index in [-0.39, 0.29) is 33.4 Å². The van der Waals surface area contributed by atoms with E-state index in [4.69, 9.17) is 17.0 Å². The van der Waals surface area contributed by atoms with Crippen molar-refractivity contribution in [1.82, 2.24) is 5.32 Å². The minimum atomic E-state index is -0.762. The summed E-state index contributed by atoms with van der Waals surface area (Å²) in [5, 5.41) is 13.2. The second-order valence-corrected chi connectivity index (χ2v) is 6.00. The topological polar surface area (TPSA) is 102 Å². The smallest absolute Gasteiger partial charge is 0.270 e. The zero-order chi connectivity index (χ0) is 20.4. The molecule has 1 fully saturated rings. The van der Waals surface area contributed by atoms with Crippen LogP contribution in [0.25, 0.3) is 6.08 Å². The van der Waals surface area contributed by atoms with Crippen LogP contribution in [-0.4, -0.2) is 29.0 Å². The second kappa shape index (κ2) is 7.53. The highest BCUT2D eigenvalue weighted by atomic mass is 32.1. The lowest BCUT2D eigenvalue weighted by Crippen LogP contribution is -2.54. The number of rotatable bonds is 4. The molecular formula is C18H12FN3O5S. The number of carbonyl (C=O) groups excluding carboxylic acids is 2. The van der Waals surface area contributed by atoms with Crippen LogP contribution in [0, 0.1) is 15.9 Å². The molecule has 2 aromatic carbocycles. The van der Waals surface area contributed by atoms with Gasteiger partial charge in [-0.15, -0.1) is 0 Å². The number of halogens is 1. The van der Waals surface area contributed by atoms with Crippen LogP contribution < -0.4 is 15.0 Å². The Morgan fingerprint density at radius 3 is 2.50 bits per heavy atom. The number of amides is 2. The Kier molecular flexibility index (Phi) is 5.14. The van der Waals surface area contributed by atoms with Gasteiger partial charge in [-0.25, -0.2) is 4.39 Å². The van der Waals surface area contributed by atoms with E-state index in [9.17, 15) is 24.1 Å². The molecule has 0 unspecified atom stereocenters. The second-order valence-electron chi connectivity index (χ2n) is 5.62. The van der Waals surface area contributed by atoms with Gasteiger partial charge < -0.3 is 4.74 Å². The SMILES string of the molecule is COc1ccc([N+](=O)[O-])cc1C=C1C(=O)NC(=S)N(c2ccc(F)cc2)C1=O. The van der Waals surface area contributed by atoms with E-state index in [2.05, 4.69) is 5.32 Å². The van der Waals surface area contributed by atoms with Crippen LogP contribution in [0.1, 0.15) is 5.56 Å². The molecule has 1 N–H and O–H groups in total. The molecule has 0 bridgehead atoms. The molecule has 142 valence electrons. The third kappa shape index (κ3) is 3.58. The third-order valence-electron chi connectivity index (χ3n) is 3.91. The normalized spacial score (nSPS) is 15.6. The monoisotopic (exact) mass is 401 g/mol. The zero-order valence-corrected chi connectivity index (χ0v) is 15.2. The van der Waals surface area contributed by atoms with Crippen molar-refractivity contribution in [2.45, 2.75) is 0 Å². The number of thiocarbonyl (C=S) groups is 1. The van der Waals surface area contributed by atoms with Crippen molar-refractivity contribution in [3.8, 4) is 5.75 Å². The van der Waals surface area contributed by atoms with Crippen LogP contribution >= 0.6 is 12.2 Å². The highest BCUT2D eigenvalue weighted by molar-refractivity contribution is 7.80. The van der Waals surface area contributed by atoms with E-state index < -0.39 is 22.6 Å². The quantitative estimate of drug-likeness (QED) is 0.278. The predicted molar refractivity (Wildman–Crippen MR) is 102 cm³/mol. The number of nitrogens with zero attached hydrogens (tertiary/aromatic N) is 2. The average molecular weight is 401 g/mol. The summed E-state index contributed by atoms with van der Waals surface area (Å²) in [5.41, 5.74) is -0.116. The first-order valence-corrected chi connectivity index (χ1v) is 8.22. The summed E-state index contributed by atoms with van der Waals surface area (Å²) in [6.07, 6.45) is 1.18. The molecular weight excluding hydrogens is 389 g/mol. The van der Waals surface area contributed by atoms with Crippen LogP contribution in [0.2, 0.25) is 0 Å². The number of anilines is 1. The Labute approximate surface area is 163 Å². The number of non-ortho nitro benzene ring substituents is 1. The summed E-state index contributed by atoms with van der Waals surface area (Å²) in [6, 6.07) is 8.75. The Balaban J connectivity index is 2.08. The first kappa shape index (κ1) is 19.1. The van der Waals surface area contributed by atoms with Crippen LogP contribution in [0.15, 0.2) is 48.0 Å². The van der Waals surface area contributed by atoms with Gasteiger partial charge in [0.1, 0.15) is 17.1 Å². The molecule has 28 heavy (non-hydrogen) atoms. The molecule has 0 radical (unpaired) electrons. The van der Waals surface area contributed by atoms with E-state index >= 15 is 0 Å². The fourth-order valence-electron chi connectivity index (χ4n) is 2.59. The van der Waals surface area contributed by atoms with Gasteiger partial charge in [0.15, 0.2) is 5.11 Å². The van der Waals surface area contributed by atoms with Gasteiger partial charge in [0.05, 0.1) is 17.7 Å². The van der Waals surface area contributed by atoms with Gasteiger partial charge in [-0.05, 0) is 48.6 Å². The Bertz CT molecular complexity index is 1040. The van der Waals surface area contributed by atoms with Crippen molar-refractivity contribution >= 4 is 46.6 Å². The third-order valence-corrected chi connectivity index (χ3v) is 4.20. The maximum absolute atomic E-state index is 13.2. The van der Waals surface area contributed by atoms with E-state index in [1.807, 2.05) is 0 Å². The minimum Gasteiger partial charge on any atom is -0.496 e. The van der Waals surface area contributed by atoms with Crippen LogP contribution in [0.3, 0.4) is 0 Å². The van der Waals surface area contributed by atoms with E-state index in [0.29, 0.717) is 0 Å². The predicted octanol–water partition coefficient (Wildman–Crippen LogP) is 2.57. The van der Waals surface area contributed by atoms with Crippen molar-refractivity contribution in [2.24, 2.45) is 0 Å². The molecule has 1 heterocycles. The summed E-state index contributed by atoms with van der Waals surface area (Å²) in [4.78, 5) is 36.7. The standard InChI is InChI=1S/C18H12FN3O5S/c1-27-15-7-6-13(22(25)26)8-10(15)9-14-16(23)20-18(28)21(17(14)24)12-4-2-11(19)3-5-12/h2-9H,1H3,(H,20,23,28). The number of nitrogens with one attached hydrogen (secondary N) is 1. The molecule has 0 atom stereocenters. The number of hydrogen-bond donors (Lipinski definition) is 1. The lowest BCUT2D eigenvalue weighted by atomic mass is 10.1.